The maximum absolute atomic E-state index is 12.4. The first kappa shape index (κ1) is 14.2. The zero-order valence-corrected chi connectivity index (χ0v) is 12.4. The standard InChI is InChI=1S/C16H22N2O3/c1-21-14-7-5-6-13(15(14)19)16(20)18-10-12(11-18)17-8-3-2-4-9-17/h5-7,12,19H,2-4,8-11H2,1H3. The van der Waals surface area contributed by atoms with Gasteiger partial charge in [0, 0.05) is 19.1 Å². The number of rotatable bonds is 3. The summed E-state index contributed by atoms with van der Waals surface area (Å²) in [4.78, 5) is 16.7. The van der Waals surface area contributed by atoms with Crippen LogP contribution < -0.4 is 4.74 Å². The second-order valence-corrected chi connectivity index (χ2v) is 5.82. The number of phenols is 1. The molecule has 2 aliphatic heterocycles. The maximum atomic E-state index is 12.4. The van der Waals surface area contributed by atoms with Gasteiger partial charge in [-0.15, -0.1) is 0 Å². The Hall–Kier alpha value is -1.75. The molecular weight excluding hydrogens is 268 g/mol. The van der Waals surface area contributed by atoms with Crippen LogP contribution in [0.1, 0.15) is 29.6 Å². The molecule has 114 valence electrons. The van der Waals surface area contributed by atoms with Gasteiger partial charge in [0.15, 0.2) is 11.5 Å². The van der Waals surface area contributed by atoms with Gasteiger partial charge in [-0.25, -0.2) is 0 Å². The molecule has 0 saturated carbocycles. The number of carbonyl (C=O) groups is 1. The van der Waals surface area contributed by atoms with Gasteiger partial charge in [-0.2, -0.15) is 0 Å². The highest BCUT2D eigenvalue weighted by Crippen LogP contribution is 2.31. The quantitative estimate of drug-likeness (QED) is 0.921. The zero-order valence-electron chi connectivity index (χ0n) is 12.4. The molecule has 21 heavy (non-hydrogen) atoms. The lowest BCUT2D eigenvalue weighted by Gasteiger charge is -2.46. The van der Waals surface area contributed by atoms with Crippen molar-refractivity contribution in [3.8, 4) is 11.5 Å². The molecule has 0 unspecified atom stereocenters. The van der Waals surface area contributed by atoms with Crippen molar-refractivity contribution >= 4 is 5.91 Å². The first-order chi connectivity index (χ1) is 10.2. The van der Waals surface area contributed by atoms with Crippen molar-refractivity contribution in [3.63, 3.8) is 0 Å². The van der Waals surface area contributed by atoms with E-state index in [1.165, 1.54) is 26.4 Å². The van der Waals surface area contributed by atoms with E-state index < -0.39 is 0 Å². The van der Waals surface area contributed by atoms with Crippen molar-refractivity contribution in [3.05, 3.63) is 23.8 Å². The van der Waals surface area contributed by atoms with Gasteiger partial charge in [-0.3, -0.25) is 9.69 Å². The molecule has 0 radical (unpaired) electrons. The minimum Gasteiger partial charge on any atom is -0.504 e. The molecule has 3 rings (SSSR count). The van der Waals surface area contributed by atoms with E-state index in [0.29, 0.717) is 17.4 Å². The third-order valence-electron chi connectivity index (χ3n) is 4.51. The van der Waals surface area contributed by atoms with Crippen LogP contribution in [0.2, 0.25) is 0 Å². The lowest BCUT2D eigenvalue weighted by molar-refractivity contribution is 0.0201. The van der Waals surface area contributed by atoms with Crippen LogP contribution in [-0.2, 0) is 0 Å². The van der Waals surface area contributed by atoms with Gasteiger partial charge in [-0.1, -0.05) is 12.5 Å². The van der Waals surface area contributed by atoms with Gasteiger partial charge < -0.3 is 14.7 Å². The van der Waals surface area contributed by atoms with E-state index in [1.807, 2.05) is 0 Å². The van der Waals surface area contributed by atoms with E-state index in [0.717, 1.165) is 26.2 Å². The summed E-state index contributed by atoms with van der Waals surface area (Å²) < 4.78 is 5.05. The summed E-state index contributed by atoms with van der Waals surface area (Å²) in [6, 6.07) is 5.52. The van der Waals surface area contributed by atoms with Gasteiger partial charge in [0.1, 0.15) is 0 Å². The Balaban J connectivity index is 1.63. The van der Waals surface area contributed by atoms with Crippen LogP contribution in [0, 0.1) is 0 Å². The van der Waals surface area contributed by atoms with Crippen LogP contribution in [0.15, 0.2) is 18.2 Å². The van der Waals surface area contributed by atoms with E-state index in [9.17, 15) is 9.90 Å². The molecule has 2 saturated heterocycles. The predicted octanol–water partition coefficient (Wildman–Crippen LogP) is 1.71. The van der Waals surface area contributed by atoms with E-state index in [-0.39, 0.29) is 11.7 Å². The van der Waals surface area contributed by atoms with E-state index in [2.05, 4.69) is 4.90 Å². The molecular formula is C16H22N2O3. The minimum absolute atomic E-state index is 0.0635. The summed E-state index contributed by atoms with van der Waals surface area (Å²) in [7, 11) is 1.49. The first-order valence-corrected chi connectivity index (χ1v) is 7.60. The molecule has 5 heteroatoms. The lowest BCUT2D eigenvalue weighted by Crippen LogP contribution is -2.61. The van der Waals surface area contributed by atoms with E-state index in [1.54, 1.807) is 23.1 Å². The van der Waals surface area contributed by atoms with Crippen LogP contribution in [0.5, 0.6) is 11.5 Å². The molecule has 0 aliphatic carbocycles. The number of aromatic hydroxyl groups is 1. The average molecular weight is 290 g/mol. The Morgan fingerprint density at radius 3 is 2.62 bits per heavy atom. The number of methoxy groups -OCH3 is 1. The highest BCUT2D eigenvalue weighted by atomic mass is 16.5. The molecule has 2 heterocycles. The van der Waals surface area contributed by atoms with Crippen molar-refractivity contribution in [1.29, 1.82) is 0 Å². The number of carbonyl (C=O) groups excluding carboxylic acids is 1. The smallest absolute Gasteiger partial charge is 0.257 e. The number of benzene rings is 1. The Labute approximate surface area is 125 Å². The van der Waals surface area contributed by atoms with Crippen LogP contribution in [0.4, 0.5) is 0 Å². The fraction of sp³-hybridized carbons (Fsp3) is 0.562. The third kappa shape index (κ3) is 2.70. The number of likely N-dealkylation sites (tertiary alicyclic amines) is 2. The molecule has 0 aromatic heterocycles. The van der Waals surface area contributed by atoms with Gasteiger partial charge in [0.25, 0.3) is 5.91 Å². The average Bonchev–Trinajstić information content (AvgIpc) is 2.47. The summed E-state index contributed by atoms with van der Waals surface area (Å²) in [5, 5.41) is 10.1. The van der Waals surface area contributed by atoms with E-state index >= 15 is 0 Å². The molecule has 1 amide bonds. The number of hydrogen-bond acceptors (Lipinski definition) is 4. The SMILES string of the molecule is COc1cccc(C(=O)N2CC(N3CCCCC3)C2)c1O. The molecule has 2 aliphatic rings. The second kappa shape index (κ2) is 5.93. The number of hydrogen-bond donors (Lipinski definition) is 1. The molecule has 5 nitrogen and oxygen atoms in total. The highest BCUT2D eigenvalue weighted by Gasteiger charge is 2.36. The topological polar surface area (TPSA) is 53.0 Å². The van der Waals surface area contributed by atoms with Gasteiger partial charge in [0.2, 0.25) is 0 Å². The monoisotopic (exact) mass is 290 g/mol. The fourth-order valence-electron chi connectivity index (χ4n) is 3.17. The summed E-state index contributed by atoms with van der Waals surface area (Å²) in [5.41, 5.74) is 0.325. The number of piperidine rings is 1. The van der Waals surface area contributed by atoms with Crippen LogP contribution >= 0.6 is 0 Å². The number of ether oxygens (including phenoxy) is 1. The van der Waals surface area contributed by atoms with Crippen molar-refractivity contribution < 1.29 is 14.6 Å². The maximum Gasteiger partial charge on any atom is 0.257 e. The molecule has 0 bridgehead atoms. The summed E-state index contributed by atoms with van der Waals surface area (Å²) in [5.74, 6) is 0.167. The third-order valence-corrected chi connectivity index (χ3v) is 4.51. The Bertz CT molecular complexity index is 520. The van der Waals surface area contributed by atoms with Crippen molar-refractivity contribution in [1.82, 2.24) is 9.80 Å². The number of nitrogens with zero attached hydrogens (tertiary/aromatic N) is 2. The molecule has 1 aromatic carbocycles. The van der Waals surface area contributed by atoms with Gasteiger partial charge >= 0.3 is 0 Å². The lowest BCUT2D eigenvalue weighted by atomic mass is 10.0. The molecule has 0 spiro atoms. The Morgan fingerprint density at radius 2 is 1.95 bits per heavy atom. The molecule has 0 atom stereocenters. The van der Waals surface area contributed by atoms with E-state index in [4.69, 9.17) is 4.74 Å². The Morgan fingerprint density at radius 1 is 1.24 bits per heavy atom. The molecule has 1 N–H and O–H groups in total. The van der Waals surface area contributed by atoms with Crippen LogP contribution in [-0.4, -0.2) is 60.1 Å². The normalized spacial score (nSPS) is 20.1. The minimum atomic E-state index is -0.111. The number of para-hydroxylation sites is 1. The molecule has 1 aromatic rings. The summed E-state index contributed by atoms with van der Waals surface area (Å²) >= 11 is 0. The predicted molar refractivity (Wildman–Crippen MR) is 79.8 cm³/mol. The first-order valence-electron chi connectivity index (χ1n) is 7.60. The highest BCUT2D eigenvalue weighted by molar-refractivity contribution is 5.98. The van der Waals surface area contributed by atoms with Crippen LogP contribution in [0.25, 0.3) is 0 Å². The Kier molecular flexibility index (Phi) is 4.01. The molecule has 2 fully saturated rings. The van der Waals surface area contributed by atoms with Crippen molar-refractivity contribution in [2.24, 2.45) is 0 Å². The summed E-state index contributed by atoms with van der Waals surface area (Å²) in [6.45, 7) is 3.82. The van der Waals surface area contributed by atoms with Gasteiger partial charge in [0.05, 0.1) is 12.7 Å². The number of phenolic OH excluding ortho intramolecular Hbond substituents is 1. The van der Waals surface area contributed by atoms with Crippen molar-refractivity contribution in [2.75, 3.05) is 33.3 Å². The van der Waals surface area contributed by atoms with Gasteiger partial charge in [-0.05, 0) is 38.1 Å². The zero-order chi connectivity index (χ0) is 14.8. The summed E-state index contributed by atoms with van der Waals surface area (Å²) in [6.07, 6.45) is 3.85. The fourth-order valence-corrected chi connectivity index (χ4v) is 3.17. The van der Waals surface area contributed by atoms with Crippen molar-refractivity contribution in [2.45, 2.75) is 25.3 Å². The largest absolute Gasteiger partial charge is 0.504 e. The number of amides is 1. The second-order valence-electron chi connectivity index (χ2n) is 5.82. The van der Waals surface area contributed by atoms with Crippen LogP contribution in [0.3, 0.4) is 0 Å².